The Morgan fingerprint density at radius 2 is 2.12 bits per heavy atom. The molecular weight excluding hydrogens is 202 g/mol. The second-order valence-electron chi connectivity index (χ2n) is 4.14. The highest BCUT2D eigenvalue weighted by atomic mass is 16.4. The van der Waals surface area contributed by atoms with Crippen molar-refractivity contribution in [2.24, 2.45) is 0 Å². The number of benzene rings is 1. The van der Waals surface area contributed by atoms with Crippen LogP contribution in [0.15, 0.2) is 18.2 Å². The van der Waals surface area contributed by atoms with Gasteiger partial charge in [-0.05, 0) is 31.9 Å². The van der Waals surface area contributed by atoms with Gasteiger partial charge in [-0.3, -0.25) is 0 Å². The minimum Gasteiger partial charge on any atom is -0.480 e. The molecule has 0 bridgehead atoms. The zero-order chi connectivity index (χ0) is 12.1. The molecule has 1 rings (SSSR count). The topological polar surface area (TPSA) is 49.3 Å². The molecule has 0 unspecified atom stereocenters. The van der Waals surface area contributed by atoms with Crippen molar-refractivity contribution in [1.82, 2.24) is 0 Å². The van der Waals surface area contributed by atoms with Gasteiger partial charge in [0.1, 0.15) is 6.04 Å². The predicted octanol–water partition coefficient (Wildman–Crippen LogP) is 2.97. The van der Waals surface area contributed by atoms with E-state index in [1.807, 2.05) is 39.0 Å². The lowest BCUT2D eigenvalue weighted by Gasteiger charge is -2.16. The maximum Gasteiger partial charge on any atom is 0.326 e. The Hall–Kier alpha value is -1.51. The molecule has 1 aromatic rings. The van der Waals surface area contributed by atoms with Crippen molar-refractivity contribution in [3.05, 3.63) is 29.3 Å². The van der Waals surface area contributed by atoms with E-state index in [1.54, 1.807) is 0 Å². The average molecular weight is 221 g/mol. The van der Waals surface area contributed by atoms with Gasteiger partial charge in [-0.1, -0.05) is 31.0 Å². The number of nitrogens with one attached hydrogen (secondary N) is 1. The zero-order valence-corrected chi connectivity index (χ0v) is 10.1. The van der Waals surface area contributed by atoms with Crippen molar-refractivity contribution in [2.45, 2.75) is 39.7 Å². The summed E-state index contributed by atoms with van der Waals surface area (Å²) in [5.74, 6) is -0.790. The minimum atomic E-state index is -0.790. The van der Waals surface area contributed by atoms with E-state index in [1.165, 1.54) is 5.56 Å². The monoisotopic (exact) mass is 221 g/mol. The third-order valence-electron chi connectivity index (χ3n) is 2.59. The van der Waals surface area contributed by atoms with Crippen LogP contribution < -0.4 is 5.32 Å². The summed E-state index contributed by atoms with van der Waals surface area (Å²) in [5.41, 5.74) is 3.18. The van der Waals surface area contributed by atoms with Gasteiger partial charge in [0.05, 0.1) is 0 Å². The highest BCUT2D eigenvalue weighted by molar-refractivity contribution is 5.77. The van der Waals surface area contributed by atoms with Crippen molar-refractivity contribution >= 4 is 11.7 Å². The maximum atomic E-state index is 11.0. The van der Waals surface area contributed by atoms with Gasteiger partial charge < -0.3 is 10.4 Å². The maximum absolute atomic E-state index is 11.0. The Labute approximate surface area is 96.5 Å². The number of aryl methyl sites for hydroxylation is 2. The lowest BCUT2D eigenvalue weighted by molar-refractivity contribution is -0.138. The molecule has 0 aliphatic carbocycles. The molecule has 0 fully saturated rings. The first-order chi connectivity index (χ1) is 7.54. The van der Waals surface area contributed by atoms with E-state index in [-0.39, 0.29) is 0 Å². The van der Waals surface area contributed by atoms with Crippen molar-refractivity contribution in [3.8, 4) is 0 Å². The molecule has 1 atom stereocenters. The van der Waals surface area contributed by atoms with Gasteiger partial charge in [-0.15, -0.1) is 0 Å². The number of carbonyl (C=O) groups is 1. The quantitative estimate of drug-likeness (QED) is 0.803. The fourth-order valence-electron chi connectivity index (χ4n) is 1.71. The molecule has 0 spiro atoms. The predicted molar refractivity (Wildman–Crippen MR) is 65.9 cm³/mol. The SMILES string of the molecule is CCC[C@@H](Nc1ccc(C)cc1C)C(=O)O. The number of aliphatic carboxylic acids is 1. The van der Waals surface area contributed by atoms with Gasteiger partial charge in [-0.25, -0.2) is 4.79 Å². The van der Waals surface area contributed by atoms with Gasteiger partial charge >= 0.3 is 5.97 Å². The third-order valence-corrected chi connectivity index (χ3v) is 2.59. The summed E-state index contributed by atoms with van der Waals surface area (Å²) in [6, 6.07) is 5.48. The van der Waals surface area contributed by atoms with E-state index in [0.717, 1.165) is 17.7 Å². The third kappa shape index (κ3) is 3.26. The van der Waals surface area contributed by atoms with E-state index in [2.05, 4.69) is 5.32 Å². The van der Waals surface area contributed by atoms with Gasteiger partial charge in [0.2, 0.25) is 0 Å². The average Bonchev–Trinajstić information content (AvgIpc) is 2.20. The van der Waals surface area contributed by atoms with Crippen LogP contribution in [0.4, 0.5) is 5.69 Å². The van der Waals surface area contributed by atoms with Gasteiger partial charge in [-0.2, -0.15) is 0 Å². The van der Waals surface area contributed by atoms with Gasteiger partial charge in [0, 0.05) is 5.69 Å². The summed E-state index contributed by atoms with van der Waals surface area (Å²) < 4.78 is 0. The van der Waals surface area contributed by atoms with E-state index in [0.29, 0.717) is 6.42 Å². The highest BCUT2D eigenvalue weighted by Gasteiger charge is 2.16. The summed E-state index contributed by atoms with van der Waals surface area (Å²) in [6.45, 7) is 6.00. The molecule has 0 aliphatic heterocycles. The first kappa shape index (κ1) is 12.6. The number of carboxylic acids is 1. The smallest absolute Gasteiger partial charge is 0.326 e. The summed E-state index contributed by atoms with van der Waals surface area (Å²) in [6.07, 6.45) is 1.50. The normalized spacial score (nSPS) is 12.2. The van der Waals surface area contributed by atoms with Crippen molar-refractivity contribution in [1.29, 1.82) is 0 Å². The molecule has 3 heteroatoms. The van der Waals surface area contributed by atoms with E-state index >= 15 is 0 Å². The molecule has 16 heavy (non-hydrogen) atoms. The molecular formula is C13H19NO2. The van der Waals surface area contributed by atoms with Gasteiger partial charge in [0.15, 0.2) is 0 Å². The molecule has 0 saturated heterocycles. The lowest BCUT2D eigenvalue weighted by Crippen LogP contribution is -2.29. The Bertz CT molecular complexity index is 374. The Morgan fingerprint density at radius 3 is 2.62 bits per heavy atom. The molecule has 0 saturated carbocycles. The number of rotatable bonds is 5. The van der Waals surface area contributed by atoms with Crippen LogP contribution in [0.25, 0.3) is 0 Å². The van der Waals surface area contributed by atoms with Crippen molar-refractivity contribution < 1.29 is 9.90 Å². The molecule has 88 valence electrons. The largest absolute Gasteiger partial charge is 0.480 e. The van der Waals surface area contributed by atoms with Crippen LogP contribution in [-0.4, -0.2) is 17.1 Å². The summed E-state index contributed by atoms with van der Waals surface area (Å²) in [4.78, 5) is 11.0. The molecule has 0 aliphatic rings. The van der Waals surface area contributed by atoms with Crippen molar-refractivity contribution in [2.75, 3.05) is 5.32 Å². The molecule has 2 N–H and O–H groups in total. The first-order valence-electron chi connectivity index (χ1n) is 5.61. The van der Waals surface area contributed by atoms with E-state index in [9.17, 15) is 4.79 Å². The van der Waals surface area contributed by atoms with Crippen LogP contribution in [0, 0.1) is 13.8 Å². The number of carboxylic acid groups (broad SMARTS) is 1. The van der Waals surface area contributed by atoms with Crippen LogP contribution in [-0.2, 0) is 4.79 Å². The summed E-state index contributed by atoms with van der Waals surface area (Å²) in [7, 11) is 0. The minimum absolute atomic E-state index is 0.494. The highest BCUT2D eigenvalue weighted by Crippen LogP contribution is 2.18. The molecule has 1 aromatic carbocycles. The van der Waals surface area contributed by atoms with Crippen LogP contribution in [0.5, 0.6) is 0 Å². The Balaban J connectivity index is 2.81. The molecule has 0 amide bonds. The van der Waals surface area contributed by atoms with Crippen LogP contribution in [0.1, 0.15) is 30.9 Å². The van der Waals surface area contributed by atoms with Crippen molar-refractivity contribution in [3.63, 3.8) is 0 Å². The fourth-order valence-corrected chi connectivity index (χ4v) is 1.71. The molecule has 0 radical (unpaired) electrons. The molecule has 3 nitrogen and oxygen atoms in total. The standard InChI is InChI=1S/C13H19NO2/c1-4-5-12(13(15)16)14-11-7-6-9(2)8-10(11)3/h6-8,12,14H,4-5H2,1-3H3,(H,15,16)/t12-/m1/s1. The fraction of sp³-hybridized carbons (Fsp3) is 0.462. The van der Waals surface area contributed by atoms with E-state index in [4.69, 9.17) is 5.11 Å². The van der Waals surface area contributed by atoms with Crippen LogP contribution in [0.3, 0.4) is 0 Å². The van der Waals surface area contributed by atoms with E-state index < -0.39 is 12.0 Å². The Kier molecular flexibility index (Phi) is 4.35. The number of hydrogen-bond acceptors (Lipinski definition) is 2. The summed E-state index contributed by atoms with van der Waals surface area (Å²) in [5, 5.41) is 12.1. The first-order valence-corrected chi connectivity index (χ1v) is 5.61. The second-order valence-corrected chi connectivity index (χ2v) is 4.14. The molecule has 0 aromatic heterocycles. The summed E-state index contributed by atoms with van der Waals surface area (Å²) >= 11 is 0. The molecule has 0 heterocycles. The second kappa shape index (κ2) is 5.54. The van der Waals surface area contributed by atoms with Gasteiger partial charge in [0.25, 0.3) is 0 Å². The Morgan fingerprint density at radius 1 is 1.44 bits per heavy atom. The van der Waals surface area contributed by atoms with Crippen LogP contribution in [0.2, 0.25) is 0 Å². The lowest BCUT2D eigenvalue weighted by atomic mass is 10.1. The number of hydrogen-bond donors (Lipinski definition) is 2. The van der Waals surface area contributed by atoms with Crippen LogP contribution >= 0.6 is 0 Å². The zero-order valence-electron chi connectivity index (χ0n) is 10.1. The number of anilines is 1.